The van der Waals surface area contributed by atoms with Gasteiger partial charge in [-0.1, -0.05) is 72.8 Å². The second-order valence-corrected chi connectivity index (χ2v) is 11.9. The Morgan fingerprint density at radius 3 is 1.12 bits per heavy atom. The van der Waals surface area contributed by atoms with E-state index in [4.69, 9.17) is 0 Å². The van der Waals surface area contributed by atoms with Crippen molar-refractivity contribution in [3.8, 4) is 22.6 Å². The molecule has 4 aromatic rings. The lowest BCUT2D eigenvalue weighted by atomic mass is 9.68. The Bertz CT molecular complexity index is 1690. The van der Waals surface area contributed by atoms with Gasteiger partial charge in [-0.25, -0.2) is 0 Å². The molecule has 0 N–H and O–H groups in total. The van der Waals surface area contributed by atoms with Crippen LogP contribution >= 0.6 is 0 Å². The molecule has 0 unspecified atom stereocenters. The smallest absolute Gasteiger partial charge is 0.376 e. The second-order valence-electron chi connectivity index (χ2n) is 8.86. The van der Waals surface area contributed by atoms with Crippen LogP contribution in [0.2, 0.25) is 0 Å². The number of fused-ring (bicyclic) bond motifs is 3. The molecule has 14 heteroatoms. The minimum Gasteiger partial charge on any atom is -0.376 e. The van der Waals surface area contributed by atoms with Crippen molar-refractivity contribution in [1.29, 1.82) is 0 Å². The Morgan fingerprint density at radius 2 is 0.805 bits per heavy atom. The average Bonchev–Trinajstić information content (AvgIpc) is 3.19. The molecule has 0 amide bonds. The molecule has 0 atom stereocenters. The van der Waals surface area contributed by atoms with Crippen LogP contribution in [0.5, 0.6) is 11.5 Å². The van der Waals surface area contributed by atoms with Gasteiger partial charge in [0.1, 0.15) is 11.5 Å². The lowest BCUT2D eigenvalue weighted by molar-refractivity contribution is -0.0504. The van der Waals surface area contributed by atoms with Crippen molar-refractivity contribution in [2.24, 2.45) is 0 Å². The maximum absolute atomic E-state index is 12.8. The van der Waals surface area contributed by atoms with Crippen molar-refractivity contribution in [1.82, 2.24) is 0 Å². The Balaban J connectivity index is 1.68. The van der Waals surface area contributed by atoms with Crippen LogP contribution < -0.4 is 8.37 Å². The number of benzene rings is 4. The second kappa shape index (κ2) is 9.52. The first-order valence-electron chi connectivity index (χ1n) is 11.5. The fraction of sp³-hybridized carbons (Fsp3) is 0.111. The van der Waals surface area contributed by atoms with Gasteiger partial charge in [0, 0.05) is 0 Å². The zero-order valence-electron chi connectivity index (χ0n) is 20.3. The summed E-state index contributed by atoms with van der Waals surface area (Å²) >= 11 is 0. The molecule has 0 saturated carbocycles. The van der Waals surface area contributed by atoms with E-state index in [1.807, 2.05) is 12.1 Å². The molecule has 0 bridgehead atoms. The predicted octanol–water partition coefficient (Wildman–Crippen LogP) is 6.51. The highest BCUT2D eigenvalue weighted by molar-refractivity contribution is 7.88. The SMILES string of the molecule is O=S(=O)(Oc1ccc(C2(c3ccc(OS(=O)(=O)C(F)(F)F)cc3)c3ccccc3-c3ccccc32)cc1)C(F)(F)F. The number of rotatable bonds is 6. The molecule has 0 aliphatic heterocycles. The summed E-state index contributed by atoms with van der Waals surface area (Å²) in [6.45, 7) is 0. The summed E-state index contributed by atoms with van der Waals surface area (Å²) in [6, 6.07) is 24.1. The van der Waals surface area contributed by atoms with Gasteiger partial charge in [-0.15, -0.1) is 0 Å². The maximum atomic E-state index is 12.8. The Kier molecular flexibility index (Phi) is 6.61. The lowest BCUT2D eigenvalue weighted by Gasteiger charge is -2.34. The fourth-order valence-corrected chi connectivity index (χ4v) is 5.81. The summed E-state index contributed by atoms with van der Waals surface area (Å²) in [7, 11) is -11.8. The molecule has 41 heavy (non-hydrogen) atoms. The Hall–Kier alpha value is -4.04. The predicted molar refractivity (Wildman–Crippen MR) is 135 cm³/mol. The summed E-state index contributed by atoms with van der Waals surface area (Å²) in [5, 5.41) is 0. The van der Waals surface area contributed by atoms with Crippen LogP contribution in [0.3, 0.4) is 0 Å². The van der Waals surface area contributed by atoms with Crippen LogP contribution in [0.4, 0.5) is 26.3 Å². The van der Waals surface area contributed by atoms with E-state index in [2.05, 4.69) is 8.37 Å². The molecule has 4 aromatic carbocycles. The third-order valence-corrected chi connectivity index (χ3v) is 8.46. The summed E-state index contributed by atoms with van der Waals surface area (Å²) in [4.78, 5) is 0. The van der Waals surface area contributed by atoms with Gasteiger partial charge in [-0.05, 0) is 57.6 Å². The molecule has 6 nitrogen and oxygen atoms in total. The van der Waals surface area contributed by atoms with Crippen LogP contribution in [0.15, 0.2) is 97.1 Å². The fourth-order valence-electron chi connectivity index (χ4n) is 4.89. The molecule has 1 aliphatic rings. The standard InChI is InChI=1S/C27H16F6O6S2/c28-26(29,30)40(34,35)38-19-13-9-17(10-14-19)25(18-11-15-20(16-12-18)39-41(36,37)27(31,32)33)23-7-3-1-5-21(23)22-6-2-4-8-24(22)25/h1-16H. The first kappa shape index (κ1) is 28.5. The summed E-state index contributed by atoms with van der Waals surface area (Å²) in [6.07, 6.45) is 0. The van der Waals surface area contributed by atoms with Gasteiger partial charge in [0.2, 0.25) is 0 Å². The van der Waals surface area contributed by atoms with Crippen molar-refractivity contribution in [3.05, 3.63) is 119 Å². The zero-order chi connectivity index (χ0) is 29.8. The number of alkyl halides is 6. The van der Waals surface area contributed by atoms with Crippen molar-refractivity contribution in [2.45, 2.75) is 16.4 Å². The van der Waals surface area contributed by atoms with Crippen LogP contribution in [0.25, 0.3) is 11.1 Å². The normalized spacial score (nSPS) is 14.7. The molecular formula is C27H16F6O6S2. The van der Waals surface area contributed by atoms with Crippen molar-refractivity contribution >= 4 is 20.2 Å². The highest BCUT2D eigenvalue weighted by atomic mass is 32.2. The average molecular weight is 615 g/mol. The van der Waals surface area contributed by atoms with Crippen molar-refractivity contribution < 1.29 is 51.5 Å². The minimum atomic E-state index is -5.92. The molecule has 0 heterocycles. The van der Waals surface area contributed by atoms with E-state index >= 15 is 0 Å². The van der Waals surface area contributed by atoms with E-state index in [1.165, 1.54) is 24.3 Å². The van der Waals surface area contributed by atoms with Gasteiger partial charge < -0.3 is 8.37 Å². The van der Waals surface area contributed by atoms with E-state index in [0.717, 1.165) is 35.4 Å². The van der Waals surface area contributed by atoms with E-state index in [-0.39, 0.29) is 0 Å². The van der Waals surface area contributed by atoms with Crippen LogP contribution in [0.1, 0.15) is 22.3 Å². The molecular weight excluding hydrogens is 598 g/mol. The summed E-state index contributed by atoms with van der Waals surface area (Å²) in [5.74, 6) is -1.19. The summed E-state index contributed by atoms with van der Waals surface area (Å²) in [5.41, 5.74) is -8.59. The molecule has 0 radical (unpaired) electrons. The number of hydrogen-bond donors (Lipinski definition) is 0. The minimum absolute atomic E-state index is 0.447. The molecule has 214 valence electrons. The lowest BCUT2D eigenvalue weighted by Crippen LogP contribution is -2.29. The van der Waals surface area contributed by atoms with Gasteiger partial charge in [-0.3, -0.25) is 0 Å². The van der Waals surface area contributed by atoms with E-state index in [9.17, 15) is 43.2 Å². The zero-order valence-corrected chi connectivity index (χ0v) is 21.9. The van der Waals surface area contributed by atoms with Crippen LogP contribution in [-0.4, -0.2) is 27.9 Å². The van der Waals surface area contributed by atoms with Gasteiger partial charge in [-0.2, -0.15) is 43.2 Å². The molecule has 0 saturated heterocycles. The van der Waals surface area contributed by atoms with Crippen molar-refractivity contribution in [2.75, 3.05) is 0 Å². The molecule has 0 aromatic heterocycles. The highest BCUT2D eigenvalue weighted by Crippen LogP contribution is 2.56. The topological polar surface area (TPSA) is 86.7 Å². The van der Waals surface area contributed by atoms with E-state index in [0.29, 0.717) is 22.3 Å². The Labute approximate surface area is 230 Å². The first-order valence-corrected chi connectivity index (χ1v) is 14.3. The maximum Gasteiger partial charge on any atom is 0.534 e. The largest absolute Gasteiger partial charge is 0.534 e. The number of hydrogen-bond acceptors (Lipinski definition) is 6. The van der Waals surface area contributed by atoms with Crippen LogP contribution in [0, 0.1) is 0 Å². The quantitative estimate of drug-likeness (QED) is 0.123. The van der Waals surface area contributed by atoms with Gasteiger partial charge in [0.25, 0.3) is 0 Å². The first-order chi connectivity index (χ1) is 19.1. The highest BCUT2D eigenvalue weighted by Gasteiger charge is 2.50. The van der Waals surface area contributed by atoms with Gasteiger partial charge >= 0.3 is 31.3 Å². The van der Waals surface area contributed by atoms with E-state index < -0.39 is 48.2 Å². The van der Waals surface area contributed by atoms with Crippen LogP contribution in [-0.2, 0) is 25.7 Å². The van der Waals surface area contributed by atoms with Gasteiger partial charge in [0.15, 0.2) is 0 Å². The molecule has 0 spiro atoms. The summed E-state index contributed by atoms with van der Waals surface area (Å²) < 4.78 is 131. The van der Waals surface area contributed by atoms with E-state index in [1.54, 1.807) is 36.4 Å². The monoisotopic (exact) mass is 614 g/mol. The molecule has 5 rings (SSSR count). The van der Waals surface area contributed by atoms with Gasteiger partial charge in [0.05, 0.1) is 5.41 Å². The third kappa shape index (κ3) is 4.70. The Morgan fingerprint density at radius 1 is 0.488 bits per heavy atom. The molecule has 1 aliphatic carbocycles. The van der Waals surface area contributed by atoms with Crippen molar-refractivity contribution in [3.63, 3.8) is 0 Å². The number of halogens is 6. The molecule has 0 fully saturated rings. The third-order valence-electron chi connectivity index (χ3n) is 6.51.